The van der Waals surface area contributed by atoms with Gasteiger partial charge in [0.25, 0.3) is 0 Å². The molecule has 0 atom stereocenters. The summed E-state index contributed by atoms with van der Waals surface area (Å²) < 4.78 is 18.9. The molecular weight excluding hydrogens is 385 g/mol. The van der Waals surface area contributed by atoms with Crippen molar-refractivity contribution in [3.63, 3.8) is 0 Å². The minimum Gasteiger partial charge on any atom is -0.478 e. The molecule has 0 unspecified atom stereocenters. The third kappa shape index (κ3) is 4.29. The Kier molecular flexibility index (Phi) is 5.61. The Morgan fingerprint density at radius 1 is 1.18 bits per heavy atom. The number of nitrogens with one attached hydrogen (secondary N) is 1. The standard InChI is InChI=1S/C21H15ClFNO4/c1-12-15(21(26)27)3-2-4-18(12)24-20(25)10-7-14-6-9-19(28-14)13-5-8-17(23)16(22)11-13/h2-11H,1H3,(H,24,25)(H,26,27)/b10-7+. The number of carboxylic acids is 1. The Hall–Kier alpha value is -3.38. The van der Waals surface area contributed by atoms with Crippen molar-refractivity contribution in [3.05, 3.63) is 82.3 Å². The van der Waals surface area contributed by atoms with Crippen LogP contribution in [0.15, 0.2) is 59.0 Å². The van der Waals surface area contributed by atoms with Crippen LogP contribution >= 0.6 is 11.6 Å². The summed E-state index contributed by atoms with van der Waals surface area (Å²) in [5.41, 5.74) is 1.60. The Bertz CT molecular complexity index is 1090. The van der Waals surface area contributed by atoms with Gasteiger partial charge in [0.1, 0.15) is 17.3 Å². The number of furan rings is 1. The lowest BCUT2D eigenvalue weighted by Crippen LogP contribution is -2.11. The maximum atomic E-state index is 13.3. The molecule has 142 valence electrons. The van der Waals surface area contributed by atoms with Crippen LogP contribution in [0.1, 0.15) is 21.7 Å². The third-order valence-corrected chi connectivity index (χ3v) is 4.34. The second kappa shape index (κ2) is 8.10. The highest BCUT2D eigenvalue weighted by Crippen LogP contribution is 2.27. The minimum absolute atomic E-state index is 0.00988. The molecule has 2 N–H and O–H groups in total. The van der Waals surface area contributed by atoms with Crippen LogP contribution in [0.3, 0.4) is 0 Å². The molecular formula is C21H15ClFNO4. The summed E-state index contributed by atoms with van der Waals surface area (Å²) in [4.78, 5) is 23.3. The zero-order valence-corrected chi connectivity index (χ0v) is 15.5. The fraction of sp³-hybridized carbons (Fsp3) is 0.0476. The number of carbonyl (C=O) groups is 2. The lowest BCUT2D eigenvalue weighted by Gasteiger charge is -2.08. The van der Waals surface area contributed by atoms with Crippen LogP contribution in [0.2, 0.25) is 5.02 Å². The maximum absolute atomic E-state index is 13.3. The second-order valence-corrected chi connectivity index (χ2v) is 6.34. The van der Waals surface area contributed by atoms with Crippen molar-refractivity contribution in [2.75, 3.05) is 5.32 Å². The van der Waals surface area contributed by atoms with Gasteiger partial charge >= 0.3 is 5.97 Å². The van der Waals surface area contributed by atoms with Crippen molar-refractivity contribution in [2.45, 2.75) is 6.92 Å². The molecule has 1 heterocycles. The summed E-state index contributed by atoms with van der Waals surface area (Å²) in [5, 5.41) is 11.8. The number of carboxylic acid groups (broad SMARTS) is 1. The van der Waals surface area contributed by atoms with Gasteiger partial charge in [-0.3, -0.25) is 4.79 Å². The number of halogens is 2. The second-order valence-electron chi connectivity index (χ2n) is 5.94. The summed E-state index contributed by atoms with van der Waals surface area (Å²) in [6, 6.07) is 12.2. The number of hydrogen-bond donors (Lipinski definition) is 2. The van der Waals surface area contributed by atoms with Crippen molar-refractivity contribution in [1.82, 2.24) is 0 Å². The summed E-state index contributed by atoms with van der Waals surface area (Å²) >= 11 is 5.77. The van der Waals surface area contributed by atoms with Gasteiger partial charge in [-0.25, -0.2) is 9.18 Å². The van der Waals surface area contributed by atoms with E-state index in [-0.39, 0.29) is 10.6 Å². The number of hydrogen-bond acceptors (Lipinski definition) is 3. The SMILES string of the molecule is Cc1c(NC(=O)/C=C/c2ccc(-c3ccc(F)c(Cl)c3)o2)cccc1C(=O)O. The average Bonchev–Trinajstić information content (AvgIpc) is 3.13. The number of benzene rings is 2. The zero-order valence-electron chi connectivity index (χ0n) is 14.7. The molecule has 0 aliphatic carbocycles. The first-order valence-corrected chi connectivity index (χ1v) is 8.60. The van der Waals surface area contributed by atoms with E-state index in [0.29, 0.717) is 28.3 Å². The minimum atomic E-state index is -1.06. The number of anilines is 1. The van der Waals surface area contributed by atoms with E-state index in [1.165, 1.54) is 30.4 Å². The van der Waals surface area contributed by atoms with E-state index in [9.17, 15) is 14.0 Å². The molecule has 7 heteroatoms. The number of rotatable bonds is 5. The van der Waals surface area contributed by atoms with Gasteiger partial charge in [-0.05, 0) is 61.0 Å². The molecule has 3 aromatic rings. The zero-order chi connectivity index (χ0) is 20.3. The number of aromatic carboxylic acids is 1. The van der Waals surface area contributed by atoms with Gasteiger partial charge in [-0.2, -0.15) is 0 Å². The number of amides is 1. The van der Waals surface area contributed by atoms with Crippen molar-refractivity contribution in [2.24, 2.45) is 0 Å². The fourth-order valence-corrected chi connectivity index (χ4v) is 2.76. The van der Waals surface area contributed by atoms with Crippen LogP contribution in [-0.4, -0.2) is 17.0 Å². The van der Waals surface area contributed by atoms with Gasteiger partial charge in [0.05, 0.1) is 10.6 Å². The third-order valence-electron chi connectivity index (χ3n) is 4.05. The molecule has 0 bridgehead atoms. The van der Waals surface area contributed by atoms with Gasteiger partial charge in [-0.15, -0.1) is 0 Å². The van der Waals surface area contributed by atoms with E-state index in [4.69, 9.17) is 21.1 Å². The summed E-state index contributed by atoms with van der Waals surface area (Å²) in [6.45, 7) is 1.62. The smallest absolute Gasteiger partial charge is 0.336 e. The highest BCUT2D eigenvalue weighted by atomic mass is 35.5. The van der Waals surface area contributed by atoms with Crippen LogP contribution in [0, 0.1) is 12.7 Å². The van der Waals surface area contributed by atoms with Crippen LogP contribution in [0.25, 0.3) is 17.4 Å². The lowest BCUT2D eigenvalue weighted by molar-refractivity contribution is -0.111. The molecule has 0 fully saturated rings. The Morgan fingerprint density at radius 2 is 1.96 bits per heavy atom. The van der Waals surface area contributed by atoms with Crippen molar-refractivity contribution < 1.29 is 23.5 Å². The largest absolute Gasteiger partial charge is 0.478 e. The molecule has 1 aromatic heterocycles. The van der Waals surface area contributed by atoms with E-state index in [0.717, 1.165) is 0 Å². The van der Waals surface area contributed by atoms with Gasteiger partial charge in [-0.1, -0.05) is 17.7 Å². The van der Waals surface area contributed by atoms with Crippen molar-refractivity contribution in [3.8, 4) is 11.3 Å². The highest BCUT2D eigenvalue weighted by Gasteiger charge is 2.11. The maximum Gasteiger partial charge on any atom is 0.336 e. The molecule has 0 aliphatic rings. The fourth-order valence-electron chi connectivity index (χ4n) is 2.58. The van der Waals surface area contributed by atoms with Gasteiger partial charge < -0.3 is 14.8 Å². The Labute approximate surface area is 165 Å². The molecule has 2 aromatic carbocycles. The monoisotopic (exact) mass is 399 g/mol. The summed E-state index contributed by atoms with van der Waals surface area (Å²) in [6.07, 6.45) is 2.74. The average molecular weight is 400 g/mol. The first-order chi connectivity index (χ1) is 13.3. The first-order valence-electron chi connectivity index (χ1n) is 8.22. The van der Waals surface area contributed by atoms with Gasteiger partial charge in [0, 0.05) is 17.3 Å². The summed E-state index contributed by atoms with van der Waals surface area (Å²) in [5.74, 6) is -1.12. The molecule has 1 amide bonds. The van der Waals surface area contributed by atoms with E-state index in [1.807, 2.05) is 0 Å². The molecule has 3 rings (SSSR count). The van der Waals surface area contributed by atoms with Crippen LogP contribution in [0.4, 0.5) is 10.1 Å². The predicted molar refractivity (Wildman–Crippen MR) is 105 cm³/mol. The van der Waals surface area contributed by atoms with Crippen LogP contribution < -0.4 is 5.32 Å². The highest BCUT2D eigenvalue weighted by molar-refractivity contribution is 6.31. The number of carbonyl (C=O) groups excluding carboxylic acids is 1. The van der Waals surface area contributed by atoms with E-state index < -0.39 is 17.7 Å². The van der Waals surface area contributed by atoms with E-state index in [1.54, 1.807) is 37.3 Å². The molecule has 0 radical (unpaired) electrons. The predicted octanol–water partition coefficient (Wildman–Crippen LogP) is 5.40. The normalized spacial score (nSPS) is 11.0. The Balaban J connectivity index is 1.72. The van der Waals surface area contributed by atoms with Crippen LogP contribution in [0.5, 0.6) is 0 Å². The summed E-state index contributed by atoms with van der Waals surface area (Å²) in [7, 11) is 0. The van der Waals surface area contributed by atoms with E-state index >= 15 is 0 Å². The van der Waals surface area contributed by atoms with Gasteiger partial charge in [0.2, 0.25) is 5.91 Å². The Morgan fingerprint density at radius 3 is 2.68 bits per heavy atom. The van der Waals surface area contributed by atoms with Crippen molar-refractivity contribution >= 4 is 35.2 Å². The lowest BCUT2D eigenvalue weighted by atomic mass is 10.1. The van der Waals surface area contributed by atoms with Crippen molar-refractivity contribution in [1.29, 1.82) is 0 Å². The molecule has 28 heavy (non-hydrogen) atoms. The molecule has 5 nitrogen and oxygen atoms in total. The molecule has 0 saturated carbocycles. The molecule has 0 aliphatic heterocycles. The topological polar surface area (TPSA) is 79.5 Å². The quantitative estimate of drug-likeness (QED) is 0.563. The van der Waals surface area contributed by atoms with Crippen LogP contribution in [-0.2, 0) is 4.79 Å². The van der Waals surface area contributed by atoms with E-state index in [2.05, 4.69) is 5.32 Å². The van der Waals surface area contributed by atoms with Gasteiger partial charge in [0.15, 0.2) is 0 Å². The molecule has 0 spiro atoms. The first kappa shape index (κ1) is 19.4. The molecule has 0 saturated heterocycles.